The number of benzene rings is 3. The van der Waals surface area contributed by atoms with E-state index < -0.39 is 43.7 Å². The molecule has 7 nitrogen and oxygen atoms in total. The Morgan fingerprint density at radius 2 is 1.68 bits per heavy atom. The predicted molar refractivity (Wildman–Crippen MR) is 132 cm³/mol. The van der Waals surface area contributed by atoms with Crippen molar-refractivity contribution in [2.75, 3.05) is 16.6 Å². The van der Waals surface area contributed by atoms with E-state index in [1.54, 1.807) is 42.5 Å². The van der Waals surface area contributed by atoms with Crippen molar-refractivity contribution in [3.05, 3.63) is 81.4 Å². The highest BCUT2D eigenvalue weighted by Crippen LogP contribution is 2.32. The molecule has 0 aliphatic heterocycles. The molecule has 4 rings (SSSR count). The zero-order chi connectivity index (χ0) is 24.3. The predicted octanol–water partition coefficient (Wildman–Crippen LogP) is 5.19. The highest BCUT2D eigenvalue weighted by Gasteiger charge is 2.30. The third-order valence-electron chi connectivity index (χ3n) is 5.03. The molecular formula is C23H20F2IN3O4S. The number of para-hydroxylation sites is 1. The van der Waals surface area contributed by atoms with E-state index in [9.17, 15) is 13.2 Å². The normalized spacial score (nSPS) is 13.4. The molecule has 1 amide bonds. The topological polar surface area (TPSA) is 96.5 Å². The van der Waals surface area contributed by atoms with Gasteiger partial charge >= 0.3 is 0 Å². The lowest BCUT2D eigenvalue weighted by molar-refractivity contribution is 0.0270. The van der Waals surface area contributed by atoms with Gasteiger partial charge in [0.1, 0.15) is 4.90 Å². The first-order chi connectivity index (χ1) is 16.2. The maximum absolute atomic E-state index is 15.2. The van der Waals surface area contributed by atoms with E-state index in [1.165, 1.54) is 12.1 Å². The molecule has 0 saturated heterocycles. The number of sulfonamides is 1. The van der Waals surface area contributed by atoms with E-state index in [-0.39, 0.29) is 12.3 Å². The molecule has 0 radical (unpaired) electrons. The molecule has 1 aliphatic carbocycles. The van der Waals surface area contributed by atoms with Crippen molar-refractivity contribution in [3.63, 3.8) is 0 Å². The molecule has 0 spiro atoms. The maximum atomic E-state index is 15.2. The number of hydrogen-bond acceptors (Lipinski definition) is 5. The summed E-state index contributed by atoms with van der Waals surface area (Å²) >= 11 is 2.09. The molecule has 3 aromatic carbocycles. The van der Waals surface area contributed by atoms with Gasteiger partial charge in [0.05, 0.1) is 17.9 Å². The van der Waals surface area contributed by atoms with Crippen molar-refractivity contribution in [3.8, 4) is 0 Å². The van der Waals surface area contributed by atoms with Crippen LogP contribution in [0.1, 0.15) is 23.2 Å². The van der Waals surface area contributed by atoms with E-state index >= 15 is 8.78 Å². The summed E-state index contributed by atoms with van der Waals surface area (Å²) in [5.41, 5.74) is 1.79. The summed E-state index contributed by atoms with van der Waals surface area (Å²) in [6, 6.07) is 15.2. The van der Waals surface area contributed by atoms with Crippen molar-refractivity contribution in [2.45, 2.75) is 17.7 Å². The number of hydroxylamine groups is 1. The Morgan fingerprint density at radius 1 is 1.00 bits per heavy atom. The second-order valence-corrected chi connectivity index (χ2v) is 10.6. The van der Waals surface area contributed by atoms with Crippen molar-refractivity contribution < 1.29 is 26.8 Å². The Labute approximate surface area is 209 Å². The minimum absolute atomic E-state index is 0.155. The minimum atomic E-state index is -4.56. The highest BCUT2D eigenvalue weighted by molar-refractivity contribution is 14.1. The zero-order valence-corrected chi connectivity index (χ0v) is 20.6. The second kappa shape index (κ2) is 10.2. The average molecular weight is 599 g/mol. The summed E-state index contributed by atoms with van der Waals surface area (Å²) in [5, 5.41) is 2.68. The van der Waals surface area contributed by atoms with E-state index in [0.717, 1.165) is 22.5 Å². The van der Waals surface area contributed by atoms with Crippen molar-refractivity contribution in [1.82, 2.24) is 5.48 Å². The third kappa shape index (κ3) is 5.83. The standard InChI is InChI=1S/C23H20F2IN3O4S/c24-20-19(34(31,32)29-17-4-2-1-3-5-17)12-18(23(30)28-33-13-14-6-7-14)22(21(20)25)27-16-10-8-15(26)9-11-16/h1-5,8-12,14,27,29H,6-7,13H2,(H,28,30). The molecule has 178 valence electrons. The highest BCUT2D eigenvalue weighted by atomic mass is 127. The first-order valence-electron chi connectivity index (χ1n) is 10.3. The fourth-order valence-corrected chi connectivity index (χ4v) is 4.57. The molecular weight excluding hydrogens is 579 g/mol. The molecule has 3 aromatic rings. The van der Waals surface area contributed by atoms with Gasteiger partial charge in [0.2, 0.25) is 0 Å². The van der Waals surface area contributed by atoms with Gasteiger partial charge in [0, 0.05) is 14.9 Å². The van der Waals surface area contributed by atoms with Gasteiger partial charge in [-0.15, -0.1) is 0 Å². The second-order valence-electron chi connectivity index (χ2n) is 7.71. The number of anilines is 3. The molecule has 0 atom stereocenters. The Bertz CT molecular complexity index is 1300. The largest absolute Gasteiger partial charge is 0.352 e. The van der Waals surface area contributed by atoms with Crippen molar-refractivity contribution >= 4 is 55.6 Å². The summed E-state index contributed by atoms with van der Waals surface area (Å²) < 4.78 is 59.1. The van der Waals surface area contributed by atoms with Crippen LogP contribution in [0.2, 0.25) is 0 Å². The van der Waals surface area contributed by atoms with E-state index in [0.29, 0.717) is 11.6 Å². The monoisotopic (exact) mass is 599 g/mol. The van der Waals surface area contributed by atoms with E-state index in [4.69, 9.17) is 4.84 Å². The van der Waals surface area contributed by atoms with Crippen LogP contribution in [0, 0.1) is 21.1 Å². The van der Waals surface area contributed by atoms with Crippen LogP contribution in [-0.4, -0.2) is 20.9 Å². The van der Waals surface area contributed by atoms with Crippen LogP contribution in [0.15, 0.2) is 65.6 Å². The maximum Gasteiger partial charge on any atom is 0.277 e. The average Bonchev–Trinajstić information content (AvgIpc) is 3.63. The fraction of sp³-hybridized carbons (Fsp3) is 0.174. The lowest BCUT2D eigenvalue weighted by Crippen LogP contribution is -2.27. The van der Waals surface area contributed by atoms with Crippen LogP contribution in [0.25, 0.3) is 0 Å². The lowest BCUT2D eigenvalue weighted by atomic mass is 10.1. The molecule has 0 heterocycles. The minimum Gasteiger partial charge on any atom is -0.352 e. The van der Waals surface area contributed by atoms with Crippen molar-refractivity contribution in [1.29, 1.82) is 0 Å². The van der Waals surface area contributed by atoms with Crippen LogP contribution in [0.5, 0.6) is 0 Å². The summed E-state index contributed by atoms with van der Waals surface area (Å²) in [4.78, 5) is 17.0. The molecule has 34 heavy (non-hydrogen) atoms. The number of rotatable bonds is 9. The van der Waals surface area contributed by atoms with Gasteiger partial charge in [-0.25, -0.2) is 22.7 Å². The molecule has 0 bridgehead atoms. The number of carbonyl (C=O) groups excluding carboxylic acids is 1. The summed E-state index contributed by atoms with van der Waals surface area (Å²) in [6.07, 6.45) is 1.96. The SMILES string of the molecule is O=C(NOCC1CC1)c1cc(S(=O)(=O)Nc2ccccc2)c(F)c(F)c1Nc1ccc(I)cc1. The van der Waals surface area contributed by atoms with Crippen molar-refractivity contribution in [2.24, 2.45) is 5.92 Å². The van der Waals surface area contributed by atoms with Gasteiger partial charge in [0.15, 0.2) is 11.6 Å². The Hall–Kier alpha value is -2.77. The van der Waals surface area contributed by atoms with Gasteiger partial charge in [0.25, 0.3) is 15.9 Å². The molecule has 3 N–H and O–H groups in total. The molecule has 1 aliphatic rings. The van der Waals surface area contributed by atoms with Crippen LogP contribution in [-0.2, 0) is 14.9 Å². The summed E-state index contributed by atoms with van der Waals surface area (Å²) in [5.74, 6) is -3.71. The third-order valence-corrected chi connectivity index (χ3v) is 7.13. The Balaban J connectivity index is 1.73. The summed E-state index contributed by atoms with van der Waals surface area (Å²) in [6.45, 7) is 0.274. The van der Waals surface area contributed by atoms with Crippen LogP contribution in [0.4, 0.5) is 25.8 Å². The first kappa shape index (κ1) is 24.4. The smallest absolute Gasteiger partial charge is 0.277 e. The van der Waals surface area contributed by atoms with Gasteiger partial charge in [-0.1, -0.05) is 18.2 Å². The lowest BCUT2D eigenvalue weighted by Gasteiger charge is -2.17. The van der Waals surface area contributed by atoms with E-state index in [2.05, 4.69) is 38.1 Å². The van der Waals surface area contributed by atoms with E-state index in [1.807, 2.05) is 0 Å². The molecule has 1 saturated carbocycles. The van der Waals surface area contributed by atoms with Crippen LogP contribution in [0.3, 0.4) is 0 Å². The van der Waals surface area contributed by atoms with Gasteiger partial charge in [-0.05, 0) is 83.8 Å². The quantitative estimate of drug-likeness (QED) is 0.233. The Morgan fingerprint density at radius 3 is 2.32 bits per heavy atom. The number of carbonyl (C=O) groups is 1. The number of amides is 1. The molecule has 0 aromatic heterocycles. The Kier molecular flexibility index (Phi) is 7.33. The molecule has 1 fully saturated rings. The number of halogens is 3. The molecule has 0 unspecified atom stereocenters. The fourth-order valence-electron chi connectivity index (χ4n) is 3.06. The van der Waals surface area contributed by atoms with Gasteiger partial charge in [-0.2, -0.15) is 0 Å². The molecule has 11 heteroatoms. The van der Waals surface area contributed by atoms with Crippen LogP contribution >= 0.6 is 22.6 Å². The zero-order valence-electron chi connectivity index (χ0n) is 17.6. The first-order valence-corrected chi connectivity index (χ1v) is 12.9. The van der Waals surface area contributed by atoms with Crippen LogP contribution < -0.4 is 15.5 Å². The number of nitrogens with one attached hydrogen (secondary N) is 3. The number of hydrogen-bond donors (Lipinski definition) is 3. The summed E-state index contributed by atoms with van der Waals surface area (Å²) in [7, 11) is -4.56. The van der Waals surface area contributed by atoms with Gasteiger partial charge < -0.3 is 5.32 Å². The van der Waals surface area contributed by atoms with Gasteiger partial charge in [-0.3, -0.25) is 14.4 Å².